The van der Waals surface area contributed by atoms with Crippen LogP contribution in [0.5, 0.6) is 0 Å². The van der Waals surface area contributed by atoms with Crippen LogP contribution in [0.1, 0.15) is 71.1 Å². The van der Waals surface area contributed by atoms with Gasteiger partial charge in [0.15, 0.2) is 0 Å². The van der Waals surface area contributed by atoms with Crippen LogP contribution in [0.4, 0.5) is 0 Å². The molecule has 0 spiro atoms. The van der Waals surface area contributed by atoms with Gasteiger partial charge in [-0.05, 0) is 31.6 Å². The minimum Gasteiger partial charge on any atom is -0.477 e. The van der Waals surface area contributed by atoms with Crippen LogP contribution in [-0.4, -0.2) is 46.1 Å². The zero-order chi connectivity index (χ0) is 18.0. The Morgan fingerprint density at radius 1 is 1.25 bits per heavy atom. The summed E-state index contributed by atoms with van der Waals surface area (Å²) in [5, 5.41) is 27.8. The molecule has 1 aliphatic carbocycles. The summed E-state index contributed by atoms with van der Waals surface area (Å²) in [4.78, 5) is 23.3. The fourth-order valence-corrected chi connectivity index (χ4v) is 3.57. The molecule has 3 atom stereocenters. The molecule has 0 aromatic rings. The normalized spacial score (nSPS) is 23.4. The highest BCUT2D eigenvalue weighted by Gasteiger charge is 2.38. The summed E-state index contributed by atoms with van der Waals surface area (Å²) in [7, 11) is 0. The van der Waals surface area contributed by atoms with Gasteiger partial charge in [0.25, 0.3) is 5.79 Å². The van der Waals surface area contributed by atoms with E-state index in [0.29, 0.717) is 25.2 Å². The van der Waals surface area contributed by atoms with E-state index in [1.807, 2.05) is 0 Å². The van der Waals surface area contributed by atoms with Crippen molar-refractivity contribution >= 4 is 11.8 Å². The fourth-order valence-electron chi connectivity index (χ4n) is 3.57. The van der Waals surface area contributed by atoms with E-state index in [1.54, 1.807) is 0 Å². The number of aliphatic hydroxyl groups is 2. The van der Waals surface area contributed by atoms with Crippen molar-refractivity contribution < 1.29 is 29.6 Å². The van der Waals surface area contributed by atoms with Crippen LogP contribution >= 0.6 is 0 Å². The van der Waals surface area contributed by atoms with Crippen LogP contribution in [0.25, 0.3) is 0 Å². The number of carboxylic acid groups (broad SMARTS) is 1. The zero-order valence-corrected chi connectivity index (χ0v) is 14.7. The maximum Gasteiger partial charge on any atom is 0.364 e. The molecule has 140 valence electrons. The van der Waals surface area contributed by atoms with Gasteiger partial charge in [-0.15, -0.1) is 0 Å². The number of rotatable bonds is 13. The first-order valence-corrected chi connectivity index (χ1v) is 9.18. The summed E-state index contributed by atoms with van der Waals surface area (Å²) in [5.74, 6) is -3.08. The average molecular weight is 344 g/mol. The number of aliphatic carboxylic acids is 1. The van der Waals surface area contributed by atoms with Gasteiger partial charge in [-0.1, -0.05) is 32.6 Å². The molecule has 0 aromatic carbocycles. The summed E-state index contributed by atoms with van der Waals surface area (Å²) >= 11 is 0. The van der Waals surface area contributed by atoms with E-state index in [4.69, 9.17) is 14.9 Å². The minimum absolute atomic E-state index is 0.0116. The molecule has 6 nitrogen and oxygen atoms in total. The SMILES string of the molecule is CCCCCC[C@H]1CCC(=O)[C@@H]1CCCC(O)(OCCO)C(=O)O. The highest BCUT2D eigenvalue weighted by molar-refractivity contribution is 5.83. The molecule has 0 aromatic heterocycles. The Kier molecular flexibility index (Phi) is 9.48. The second-order valence-electron chi connectivity index (χ2n) is 6.77. The number of ether oxygens (including phenoxy) is 1. The monoisotopic (exact) mass is 344 g/mol. The second-order valence-corrected chi connectivity index (χ2v) is 6.77. The Morgan fingerprint density at radius 3 is 2.62 bits per heavy atom. The van der Waals surface area contributed by atoms with Gasteiger partial charge < -0.3 is 20.1 Å². The first kappa shape index (κ1) is 21.1. The van der Waals surface area contributed by atoms with Crippen LogP contribution in [0.2, 0.25) is 0 Å². The lowest BCUT2D eigenvalue weighted by molar-refractivity contribution is -0.228. The van der Waals surface area contributed by atoms with Crippen LogP contribution in [0.15, 0.2) is 0 Å². The topological polar surface area (TPSA) is 104 Å². The molecule has 0 heterocycles. The smallest absolute Gasteiger partial charge is 0.364 e. The minimum atomic E-state index is -2.28. The lowest BCUT2D eigenvalue weighted by Gasteiger charge is -2.24. The van der Waals surface area contributed by atoms with E-state index < -0.39 is 11.8 Å². The standard InChI is InChI=1S/C18H32O6/c1-2-3-4-5-7-14-9-10-16(20)15(14)8-6-11-18(23,17(21)22)24-13-12-19/h14-15,19,23H,2-13H2,1H3,(H,21,22)/t14-,15+,18?/m0/s1. The summed E-state index contributed by atoms with van der Waals surface area (Å²) in [6.07, 6.45) is 8.28. The maximum absolute atomic E-state index is 12.1. The Hall–Kier alpha value is -0.980. The Morgan fingerprint density at radius 2 is 2.00 bits per heavy atom. The van der Waals surface area contributed by atoms with E-state index >= 15 is 0 Å². The van der Waals surface area contributed by atoms with Gasteiger partial charge in [-0.25, -0.2) is 4.79 Å². The predicted octanol–water partition coefficient (Wildman–Crippen LogP) is 2.50. The van der Waals surface area contributed by atoms with Crippen molar-refractivity contribution in [1.82, 2.24) is 0 Å². The third-order valence-corrected chi connectivity index (χ3v) is 4.97. The summed E-state index contributed by atoms with van der Waals surface area (Å²) in [5.41, 5.74) is 0. The number of ketones is 1. The van der Waals surface area contributed by atoms with Crippen molar-refractivity contribution in [3.63, 3.8) is 0 Å². The van der Waals surface area contributed by atoms with E-state index in [9.17, 15) is 14.7 Å². The molecule has 3 N–H and O–H groups in total. The van der Waals surface area contributed by atoms with Gasteiger partial charge in [-0.2, -0.15) is 0 Å². The van der Waals surface area contributed by atoms with Gasteiger partial charge in [-0.3, -0.25) is 4.79 Å². The molecule has 1 saturated carbocycles. The molecule has 1 unspecified atom stereocenters. The predicted molar refractivity (Wildman–Crippen MR) is 89.5 cm³/mol. The summed E-state index contributed by atoms with van der Waals surface area (Å²) < 4.78 is 4.87. The van der Waals surface area contributed by atoms with Crippen LogP contribution < -0.4 is 0 Å². The largest absolute Gasteiger partial charge is 0.477 e. The molecule has 24 heavy (non-hydrogen) atoms. The first-order chi connectivity index (χ1) is 11.4. The van der Waals surface area contributed by atoms with Crippen molar-refractivity contribution in [1.29, 1.82) is 0 Å². The van der Waals surface area contributed by atoms with Crippen molar-refractivity contribution in [2.75, 3.05) is 13.2 Å². The number of carbonyl (C=O) groups excluding carboxylic acids is 1. The fraction of sp³-hybridized carbons (Fsp3) is 0.889. The third-order valence-electron chi connectivity index (χ3n) is 4.97. The van der Waals surface area contributed by atoms with Crippen molar-refractivity contribution in [3.8, 4) is 0 Å². The Labute approximate surface area is 144 Å². The van der Waals surface area contributed by atoms with Gasteiger partial charge in [0.1, 0.15) is 5.78 Å². The van der Waals surface area contributed by atoms with Crippen LogP contribution in [0.3, 0.4) is 0 Å². The molecule has 1 rings (SSSR count). The maximum atomic E-state index is 12.1. The van der Waals surface area contributed by atoms with Gasteiger partial charge in [0.2, 0.25) is 0 Å². The number of aliphatic hydroxyl groups excluding tert-OH is 1. The molecular weight excluding hydrogens is 312 g/mol. The third kappa shape index (κ3) is 6.49. The lowest BCUT2D eigenvalue weighted by Crippen LogP contribution is -2.42. The number of hydrogen-bond acceptors (Lipinski definition) is 5. The molecule has 0 radical (unpaired) electrons. The van der Waals surface area contributed by atoms with Crippen LogP contribution in [0, 0.1) is 11.8 Å². The lowest BCUT2D eigenvalue weighted by atomic mass is 9.86. The zero-order valence-electron chi connectivity index (χ0n) is 14.7. The number of hydrogen-bond donors (Lipinski definition) is 3. The van der Waals surface area contributed by atoms with Crippen molar-refractivity contribution in [3.05, 3.63) is 0 Å². The first-order valence-electron chi connectivity index (χ1n) is 9.18. The van der Waals surface area contributed by atoms with E-state index in [1.165, 1.54) is 19.3 Å². The Bertz CT molecular complexity index is 397. The average Bonchev–Trinajstić information content (AvgIpc) is 2.90. The number of carboxylic acids is 1. The number of unbranched alkanes of at least 4 members (excludes halogenated alkanes) is 3. The summed E-state index contributed by atoms with van der Waals surface area (Å²) in [6.45, 7) is 1.59. The highest BCUT2D eigenvalue weighted by atomic mass is 16.6. The van der Waals surface area contributed by atoms with Crippen molar-refractivity contribution in [2.45, 2.75) is 76.9 Å². The van der Waals surface area contributed by atoms with Gasteiger partial charge >= 0.3 is 5.97 Å². The number of Topliss-reactive ketones (excluding diaryl/α,β-unsaturated/α-hetero) is 1. The molecule has 1 fully saturated rings. The van der Waals surface area contributed by atoms with E-state index in [2.05, 4.69) is 6.92 Å². The quantitative estimate of drug-likeness (QED) is 0.350. The highest BCUT2D eigenvalue weighted by Crippen LogP contribution is 2.36. The molecular formula is C18H32O6. The molecule has 0 bridgehead atoms. The van der Waals surface area contributed by atoms with Crippen molar-refractivity contribution in [2.24, 2.45) is 11.8 Å². The van der Waals surface area contributed by atoms with Gasteiger partial charge in [0.05, 0.1) is 13.2 Å². The second kappa shape index (κ2) is 10.8. The molecule has 1 aliphatic rings. The van der Waals surface area contributed by atoms with Gasteiger partial charge in [0, 0.05) is 18.8 Å². The molecule has 0 amide bonds. The molecule has 0 saturated heterocycles. The summed E-state index contributed by atoms with van der Waals surface area (Å²) in [6, 6.07) is 0. The van der Waals surface area contributed by atoms with E-state index in [0.717, 1.165) is 19.3 Å². The molecule has 0 aliphatic heterocycles. The molecule has 6 heteroatoms. The van der Waals surface area contributed by atoms with Crippen LogP contribution in [-0.2, 0) is 14.3 Å². The number of carbonyl (C=O) groups is 2. The Balaban J connectivity index is 2.44. The van der Waals surface area contributed by atoms with E-state index in [-0.39, 0.29) is 31.3 Å².